The van der Waals surface area contributed by atoms with Gasteiger partial charge in [-0.25, -0.2) is 0 Å². The quantitative estimate of drug-likeness (QED) is 0.436. The number of rotatable bonds is 7. The van der Waals surface area contributed by atoms with Gasteiger partial charge in [0.1, 0.15) is 12.8 Å². The van der Waals surface area contributed by atoms with E-state index in [0.29, 0.717) is 6.21 Å². The van der Waals surface area contributed by atoms with E-state index in [1.165, 1.54) is 18.2 Å². The van der Waals surface area contributed by atoms with Crippen LogP contribution in [0.4, 0.5) is 24.5 Å². The summed E-state index contributed by atoms with van der Waals surface area (Å²) in [6, 6.07) is 5.08. The van der Waals surface area contributed by atoms with Crippen LogP contribution in [0.5, 0.6) is 0 Å². The second-order valence-electron chi connectivity index (χ2n) is 4.20. The van der Waals surface area contributed by atoms with E-state index in [-0.39, 0.29) is 11.4 Å². The standard InChI is InChI=1S/C12H11F3N4O5/c13-12(14,15)7-16-11(21)6-24-17-5-10(20)18-8-2-1-3-9(4-8)19(22)23/h1-5H,6-7H2,(H,16,21)(H,18,20)/b17-5-. The molecule has 9 nitrogen and oxygen atoms in total. The van der Waals surface area contributed by atoms with Crippen LogP contribution < -0.4 is 10.6 Å². The van der Waals surface area contributed by atoms with Crippen molar-refractivity contribution in [1.82, 2.24) is 5.32 Å². The SMILES string of the molecule is O=C(/C=N\OCC(=O)NCC(F)(F)F)Nc1cccc([N+](=O)[O-])c1. The number of nitro benzene ring substituents is 1. The van der Waals surface area contributed by atoms with Crippen LogP contribution in [-0.4, -0.2) is 42.3 Å². The van der Waals surface area contributed by atoms with Crippen LogP contribution >= 0.6 is 0 Å². The van der Waals surface area contributed by atoms with Crippen LogP contribution in [0.3, 0.4) is 0 Å². The number of halogens is 3. The smallest absolute Gasteiger partial charge is 0.386 e. The lowest BCUT2D eigenvalue weighted by Gasteiger charge is -2.07. The third kappa shape index (κ3) is 7.72. The number of oxime groups is 1. The number of benzene rings is 1. The molecular formula is C12H11F3N4O5. The van der Waals surface area contributed by atoms with Gasteiger partial charge < -0.3 is 15.5 Å². The molecule has 0 unspecified atom stereocenters. The maximum atomic E-state index is 11.8. The minimum absolute atomic E-state index is 0.128. The molecule has 2 amide bonds. The fourth-order valence-corrected chi connectivity index (χ4v) is 1.30. The summed E-state index contributed by atoms with van der Waals surface area (Å²) >= 11 is 0. The van der Waals surface area contributed by atoms with E-state index in [1.54, 1.807) is 5.32 Å². The number of nitrogens with one attached hydrogen (secondary N) is 2. The number of carbonyl (C=O) groups is 2. The van der Waals surface area contributed by atoms with Crippen LogP contribution in [0.15, 0.2) is 29.4 Å². The van der Waals surface area contributed by atoms with Crippen molar-refractivity contribution in [2.75, 3.05) is 18.5 Å². The Morgan fingerprint density at radius 1 is 1.38 bits per heavy atom. The van der Waals surface area contributed by atoms with E-state index in [1.807, 2.05) is 0 Å². The fraction of sp³-hybridized carbons (Fsp3) is 0.250. The van der Waals surface area contributed by atoms with Gasteiger partial charge in [-0.2, -0.15) is 13.2 Å². The molecule has 0 aliphatic rings. The summed E-state index contributed by atoms with van der Waals surface area (Å²) in [7, 11) is 0. The van der Waals surface area contributed by atoms with Crippen molar-refractivity contribution in [3.63, 3.8) is 0 Å². The Morgan fingerprint density at radius 3 is 2.71 bits per heavy atom. The number of non-ortho nitro benzene ring substituents is 1. The molecule has 0 saturated carbocycles. The van der Waals surface area contributed by atoms with Crippen LogP contribution in [0.25, 0.3) is 0 Å². The molecule has 0 spiro atoms. The predicted molar refractivity (Wildman–Crippen MR) is 75.2 cm³/mol. The lowest BCUT2D eigenvalue weighted by Crippen LogP contribution is -2.35. The zero-order valence-electron chi connectivity index (χ0n) is 11.9. The van der Waals surface area contributed by atoms with Gasteiger partial charge in [0.2, 0.25) is 0 Å². The minimum Gasteiger partial charge on any atom is -0.386 e. The van der Waals surface area contributed by atoms with Crippen LogP contribution in [-0.2, 0) is 14.4 Å². The molecule has 24 heavy (non-hydrogen) atoms. The third-order valence-electron chi connectivity index (χ3n) is 2.25. The molecule has 0 saturated heterocycles. The molecule has 1 aromatic carbocycles. The van der Waals surface area contributed by atoms with Crippen molar-refractivity contribution in [2.45, 2.75) is 6.18 Å². The maximum absolute atomic E-state index is 11.8. The summed E-state index contributed by atoms with van der Waals surface area (Å²) in [6.07, 6.45) is -3.92. The number of carbonyl (C=O) groups excluding carboxylic acids is 2. The van der Waals surface area contributed by atoms with E-state index in [4.69, 9.17) is 0 Å². The topological polar surface area (TPSA) is 123 Å². The molecule has 0 atom stereocenters. The molecule has 130 valence electrons. The Labute approximate surface area is 132 Å². The Bertz CT molecular complexity index is 648. The van der Waals surface area contributed by atoms with Crippen LogP contribution in [0.1, 0.15) is 0 Å². The molecule has 1 rings (SSSR count). The van der Waals surface area contributed by atoms with Gasteiger partial charge in [-0.15, -0.1) is 0 Å². The lowest BCUT2D eigenvalue weighted by atomic mass is 10.3. The van der Waals surface area contributed by atoms with Gasteiger partial charge >= 0.3 is 6.18 Å². The molecule has 0 aliphatic heterocycles. The number of hydrogen-bond donors (Lipinski definition) is 2. The summed E-state index contributed by atoms with van der Waals surface area (Å²) < 4.78 is 35.4. The first kappa shape index (κ1) is 18.9. The Hall–Kier alpha value is -3.18. The molecule has 0 radical (unpaired) electrons. The summed E-state index contributed by atoms with van der Waals surface area (Å²) in [6.45, 7) is -2.32. The molecule has 0 fully saturated rings. The fourth-order valence-electron chi connectivity index (χ4n) is 1.30. The third-order valence-corrected chi connectivity index (χ3v) is 2.25. The highest BCUT2D eigenvalue weighted by molar-refractivity contribution is 6.31. The van der Waals surface area contributed by atoms with Crippen molar-refractivity contribution in [2.24, 2.45) is 5.16 Å². The molecule has 1 aromatic rings. The van der Waals surface area contributed by atoms with Crippen molar-refractivity contribution >= 4 is 29.4 Å². The van der Waals surface area contributed by atoms with Crippen molar-refractivity contribution < 1.29 is 32.5 Å². The van der Waals surface area contributed by atoms with Gasteiger partial charge in [-0.3, -0.25) is 19.7 Å². The van der Waals surface area contributed by atoms with Gasteiger partial charge in [0.25, 0.3) is 17.5 Å². The molecule has 12 heteroatoms. The zero-order chi connectivity index (χ0) is 18.2. The van der Waals surface area contributed by atoms with E-state index < -0.39 is 36.1 Å². The van der Waals surface area contributed by atoms with Crippen molar-refractivity contribution in [1.29, 1.82) is 0 Å². The van der Waals surface area contributed by atoms with Crippen LogP contribution in [0.2, 0.25) is 0 Å². The molecule has 0 aliphatic carbocycles. The van der Waals surface area contributed by atoms with Crippen LogP contribution in [0, 0.1) is 10.1 Å². The van der Waals surface area contributed by atoms with Gasteiger partial charge in [-0.1, -0.05) is 11.2 Å². The number of nitro groups is 1. The summed E-state index contributed by atoms with van der Waals surface area (Å²) in [5, 5.41) is 17.5. The summed E-state index contributed by atoms with van der Waals surface area (Å²) in [5.41, 5.74) is -0.106. The summed E-state index contributed by atoms with van der Waals surface area (Å²) in [5.74, 6) is -1.88. The number of anilines is 1. The average molecular weight is 348 g/mol. The number of alkyl halides is 3. The normalized spacial score (nSPS) is 11.1. The number of hydrogen-bond acceptors (Lipinski definition) is 6. The number of amides is 2. The summed E-state index contributed by atoms with van der Waals surface area (Å²) in [4.78, 5) is 36.7. The zero-order valence-corrected chi connectivity index (χ0v) is 11.9. The Balaban J connectivity index is 2.37. The molecule has 0 bridgehead atoms. The highest BCUT2D eigenvalue weighted by atomic mass is 19.4. The maximum Gasteiger partial charge on any atom is 0.405 e. The van der Waals surface area contributed by atoms with Crippen molar-refractivity contribution in [3.05, 3.63) is 34.4 Å². The van der Waals surface area contributed by atoms with E-state index in [0.717, 1.165) is 6.07 Å². The van der Waals surface area contributed by atoms with E-state index >= 15 is 0 Å². The van der Waals surface area contributed by atoms with E-state index in [2.05, 4.69) is 15.3 Å². The highest BCUT2D eigenvalue weighted by Gasteiger charge is 2.27. The van der Waals surface area contributed by atoms with Gasteiger partial charge in [0, 0.05) is 17.8 Å². The van der Waals surface area contributed by atoms with Gasteiger partial charge in [-0.05, 0) is 6.07 Å². The second kappa shape index (κ2) is 8.45. The van der Waals surface area contributed by atoms with Crippen molar-refractivity contribution in [3.8, 4) is 0 Å². The highest BCUT2D eigenvalue weighted by Crippen LogP contribution is 2.16. The second-order valence-corrected chi connectivity index (χ2v) is 4.20. The largest absolute Gasteiger partial charge is 0.405 e. The van der Waals surface area contributed by atoms with E-state index in [9.17, 15) is 32.9 Å². The lowest BCUT2D eigenvalue weighted by molar-refractivity contribution is -0.384. The molecule has 0 heterocycles. The van der Waals surface area contributed by atoms with Gasteiger partial charge in [0.15, 0.2) is 6.61 Å². The molecular weight excluding hydrogens is 337 g/mol. The Kier molecular flexibility index (Phi) is 6.64. The Morgan fingerprint density at radius 2 is 2.08 bits per heavy atom. The molecule has 0 aromatic heterocycles. The number of nitrogens with zero attached hydrogens (tertiary/aromatic N) is 2. The first-order valence-corrected chi connectivity index (χ1v) is 6.21. The minimum atomic E-state index is -4.54. The first-order chi connectivity index (χ1) is 11.2. The average Bonchev–Trinajstić information content (AvgIpc) is 2.49. The first-order valence-electron chi connectivity index (χ1n) is 6.21. The van der Waals surface area contributed by atoms with Gasteiger partial charge in [0.05, 0.1) is 4.92 Å². The molecule has 2 N–H and O–H groups in total. The predicted octanol–water partition coefficient (Wildman–Crippen LogP) is 1.21. The monoisotopic (exact) mass is 348 g/mol.